The summed E-state index contributed by atoms with van der Waals surface area (Å²) in [5.74, 6) is -0.287. The summed E-state index contributed by atoms with van der Waals surface area (Å²) >= 11 is 0. The van der Waals surface area contributed by atoms with E-state index < -0.39 is 0 Å². The monoisotopic (exact) mass is 295 g/mol. The van der Waals surface area contributed by atoms with Crippen molar-refractivity contribution in [3.63, 3.8) is 0 Å². The highest BCUT2D eigenvalue weighted by molar-refractivity contribution is 6.16. The van der Waals surface area contributed by atoms with Crippen molar-refractivity contribution < 1.29 is 9.18 Å². The van der Waals surface area contributed by atoms with Gasteiger partial charge in [-0.15, -0.1) is 0 Å². The third-order valence-corrected chi connectivity index (χ3v) is 3.87. The van der Waals surface area contributed by atoms with Crippen molar-refractivity contribution >= 4 is 11.5 Å². The van der Waals surface area contributed by atoms with Crippen LogP contribution in [0.4, 0.5) is 4.39 Å². The van der Waals surface area contributed by atoms with Gasteiger partial charge in [0.15, 0.2) is 5.78 Å². The predicted molar refractivity (Wildman–Crippen MR) is 86.1 cm³/mol. The molecule has 0 aliphatic carbocycles. The predicted octanol–water partition coefficient (Wildman–Crippen LogP) is 4.22. The molecule has 1 aliphatic rings. The standard InChI is InChI=1S/C19H18FNO/c1-19(2)12-14-8-9-15(20)10-16(14)17(21-19)11-18(22)13-6-4-3-5-7-13/h3-10H,11-12H2,1-2H3. The normalized spacial score (nSPS) is 15.9. The highest BCUT2D eigenvalue weighted by atomic mass is 19.1. The molecule has 22 heavy (non-hydrogen) atoms. The minimum absolute atomic E-state index is 0.00672. The number of hydrogen-bond donors (Lipinski definition) is 0. The summed E-state index contributed by atoms with van der Waals surface area (Å²) in [7, 11) is 0. The van der Waals surface area contributed by atoms with E-state index in [0.717, 1.165) is 17.5 Å². The van der Waals surface area contributed by atoms with E-state index in [1.54, 1.807) is 18.2 Å². The molecule has 1 heterocycles. The lowest BCUT2D eigenvalue weighted by atomic mass is 9.85. The highest BCUT2D eigenvalue weighted by Gasteiger charge is 2.28. The van der Waals surface area contributed by atoms with Crippen molar-refractivity contribution in [2.45, 2.75) is 32.2 Å². The van der Waals surface area contributed by atoms with Gasteiger partial charge in [0.2, 0.25) is 0 Å². The maximum atomic E-state index is 13.6. The van der Waals surface area contributed by atoms with Crippen molar-refractivity contribution in [3.05, 3.63) is 71.0 Å². The molecule has 0 atom stereocenters. The summed E-state index contributed by atoms with van der Waals surface area (Å²) in [6.07, 6.45) is 0.954. The molecule has 2 aromatic rings. The Kier molecular flexibility index (Phi) is 3.65. The van der Waals surface area contributed by atoms with Crippen molar-refractivity contribution in [1.82, 2.24) is 0 Å². The molecule has 0 aromatic heterocycles. The van der Waals surface area contributed by atoms with Gasteiger partial charge in [-0.2, -0.15) is 0 Å². The zero-order valence-corrected chi connectivity index (χ0v) is 12.8. The molecule has 2 aromatic carbocycles. The number of hydrogen-bond acceptors (Lipinski definition) is 2. The number of ketones is 1. The molecule has 0 bridgehead atoms. The van der Waals surface area contributed by atoms with E-state index in [0.29, 0.717) is 11.3 Å². The lowest BCUT2D eigenvalue weighted by Gasteiger charge is -2.29. The number of halogens is 1. The molecule has 0 fully saturated rings. The van der Waals surface area contributed by atoms with Gasteiger partial charge in [-0.25, -0.2) is 4.39 Å². The van der Waals surface area contributed by atoms with Gasteiger partial charge in [-0.3, -0.25) is 9.79 Å². The molecule has 1 aliphatic heterocycles. The average Bonchev–Trinajstić information content (AvgIpc) is 2.48. The summed E-state index contributed by atoms with van der Waals surface area (Å²) in [5.41, 5.74) is 2.89. The molecule has 3 heteroatoms. The summed E-state index contributed by atoms with van der Waals surface area (Å²) < 4.78 is 13.6. The van der Waals surface area contributed by atoms with Gasteiger partial charge in [0.05, 0.1) is 17.7 Å². The van der Waals surface area contributed by atoms with E-state index in [1.165, 1.54) is 12.1 Å². The summed E-state index contributed by atoms with van der Waals surface area (Å²) in [6, 6.07) is 13.9. The third-order valence-electron chi connectivity index (χ3n) is 3.87. The summed E-state index contributed by atoms with van der Waals surface area (Å²) in [4.78, 5) is 17.1. The first-order chi connectivity index (χ1) is 10.4. The Hall–Kier alpha value is -2.29. The van der Waals surface area contributed by atoms with Crippen LogP contribution in [0.5, 0.6) is 0 Å². The molecule has 0 spiro atoms. The largest absolute Gasteiger partial charge is 0.294 e. The number of fused-ring (bicyclic) bond motifs is 1. The first kappa shape index (κ1) is 14.6. The van der Waals surface area contributed by atoms with Gasteiger partial charge in [-0.1, -0.05) is 36.4 Å². The molecule has 2 nitrogen and oxygen atoms in total. The minimum atomic E-state index is -0.293. The fourth-order valence-electron chi connectivity index (χ4n) is 2.92. The number of aliphatic imine (C=N–C) groups is 1. The van der Waals surface area contributed by atoms with Crippen LogP contribution in [0.2, 0.25) is 0 Å². The van der Waals surface area contributed by atoms with Gasteiger partial charge in [0, 0.05) is 11.1 Å². The Labute approximate surface area is 129 Å². The van der Waals surface area contributed by atoms with Gasteiger partial charge in [-0.05, 0) is 38.0 Å². The molecule has 0 saturated heterocycles. The number of carbonyl (C=O) groups excluding carboxylic acids is 1. The number of nitrogens with zero attached hydrogens (tertiary/aromatic N) is 1. The Morgan fingerprint density at radius 2 is 1.91 bits per heavy atom. The van der Waals surface area contributed by atoms with Gasteiger partial charge < -0.3 is 0 Å². The summed E-state index contributed by atoms with van der Waals surface area (Å²) in [5, 5.41) is 0. The molecule has 0 amide bonds. The second-order valence-corrected chi connectivity index (χ2v) is 6.32. The van der Waals surface area contributed by atoms with Gasteiger partial charge in [0.1, 0.15) is 5.82 Å². The molecule has 112 valence electrons. The van der Waals surface area contributed by atoms with Crippen LogP contribution in [0.1, 0.15) is 41.8 Å². The molecule has 0 radical (unpaired) electrons. The van der Waals surface area contributed by atoms with Crippen LogP contribution in [0, 0.1) is 5.82 Å². The highest BCUT2D eigenvalue weighted by Crippen LogP contribution is 2.29. The smallest absolute Gasteiger partial charge is 0.168 e. The van der Waals surface area contributed by atoms with Crippen LogP contribution in [0.3, 0.4) is 0 Å². The third kappa shape index (κ3) is 2.98. The fourth-order valence-corrected chi connectivity index (χ4v) is 2.92. The first-order valence-electron chi connectivity index (χ1n) is 7.40. The lowest BCUT2D eigenvalue weighted by Crippen LogP contribution is -2.30. The van der Waals surface area contributed by atoms with E-state index in [2.05, 4.69) is 0 Å². The molecular formula is C19H18FNO. The van der Waals surface area contributed by atoms with E-state index in [1.807, 2.05) is 32.0 Å². The van der Waals surface area contributed by atoms with E-state index in [4.69, 9.17) is 4.99 Å². The second-order valence-electron chi connectivity index (χ2n) is 6.32. The molecule has 0 unspecified atom stereocenters. The Balaban J connectivity index is 1.96. The topological polar surface area (TPSA) is 29.4 Å². The zero-order chi connectivity index (χ0) is 15.7. The lowest BCUT2D eigenvalue weighted by molar-refractivity contribution is 0.100. The molecule has 3 rings (SSSR count). The van der Waals surface area contributed by atoms with E-state index in [9.17, 15) is 9.18 Å². The maximum Gasteiger partial charge on any atom is 0.168 e. The zero-order valence-electron chi connectivity index (χ0n) is 12.8. The molecular weight excluding hydrogens is 277 g/mol. The van der Waals surface area contributed by atoms with Crippen molar-refractivity contribution in [2.24, 2.45) is 4.99 Å². The van der Waals surface area contributed by atoms with Crippen molar-refractivity contribution in [1.29, 1.82) is 0 Å². The van der Waals surface area contributed by atoms with Crippen LogP contribution >= 0.6 is 0 Å². The number of rotatable bonds is 3. The van der Waals surface area contributed by atoms with Gasteiger partial charge >= 0.3 is 0 Å². The van der Waals surface area contributed by atoms with Crippen LogP contribution in [-0.4, -0.2) is 17.0 Å². The average molecular weight is 295 g/mol. The second kappa shape index (κ2) is 5.48. The minimum Gasteiger partial charge on any atom is -0.294 e. The van der Waals surface area contributed by atoms with Gasteiger partial charge in [0.25, 0.3) is 0 Å². The molecule has 0 saturated carbocycles. The van der Waals surface area contributed by atoms with E-state index >= 15 is 0 Å². The van der Waals surface area contributed by atoms with Crippen molar-refractivity contribution in [2.75, 3.05) is 0 Å². The Morgan fingerprint density at radius 1 is 1.18 bits per heavy atom. The van der Waals surface area contributed by atoms with E-state index in [-0.39, 0.29) is 23.6 Å². The number of benzene rings is 2. The Bertz CT molecular complexity index is 747. The Morgan fingerprint density at radius 3 is 2.64 bits per heavy atom. The SMILES string of the molecule is CC1(C)Cc2ccc(F)cc2C(CC(=O)c2ccccc2)=N1. The van der Waals surface area contributed by atoms with Crippen LogP contribution in [0.25, 0.3) is 0 Å². The maximum absolute atomic E-state index is 13.6. The number of carbonyl (C=O) groups is 1. The first-order valence-corrected chi connectivity index (χ1v) is 7.40. The van der Waals surface area contributed by atoms with Crippen LogP contribution in [-0.2, 0) is 6.42 Å². The van der Waals surface area contributed by atoms with Crippen LogP contribution < -0.4 is 0 Å². The number of Topliss-reactive ketones (excluding diaryl/α,β-unsaturated/α-hetero) is 1. The fraction of sp³-hybridized carbons (Fsp3) is 0.263. The summed E-state index contributed by atoms with van der Waals surface area (Å²) in [6.45, 7) is 4.07. The van der Waals surface area contributed by atoms with Crippen LogP contribution in [0.15, 0.2) is 53.5 Å². The molecule has 0 N–H and O–H groups in total. The quantitative estimate of drug-likeness (QED) is 0.779. The van der Waals surface area contributed by atoms with Crippen molar-refractivity contribution in [3.8, 4) is 0 Å².